The number of carbonyl (C=O) groups is 1. The minimum atomic E-state index is -2.93. The van der Waals surface area contributed by atoms with Gasteiger partial charge in [0.05, 0.1) is 23.2 Å². The smallest absolute Gasteiger partial charge is 0.352 e. The number of nitrogens with zero attached hydrogens (tertiary/aromatic N) is 2. The molecule has 0 aromatic carbocycles. The second-order valence-electron chi connectivity index (χ2n) is 5.12. The van der Waals surface area contributed by atoms with Crippen molar-refractivity contribution in [2.45, 2.75) is 12.8 Å². The lowest BCUT2D eigenvalue weighted by atomic mass is 10.1. The summed E-state index contributed by atoms with van der Waals surface area (Å²) in [5.41, 5.74) is 0.858. The number of hydrogen-bond acceptors (Lipinski definition) is 4. The van der Waals surface area contributed by atoms with E-state index in [4.69, 9.17) is 0 Å². The van der Waals surface area contributed by atoms with E-state index in [0.29, 0.717) is 24.2 Å². The molecule has 1 saturated heterocycles. The van der Waals surface area contributed by atoms with Crippen LogP contribution in [-0.4, -0.2) is 40.4 Å². The Morgan fingerprint density at radius 1 is 1.45 bits per heavy atom. The standard InChI is InChI=1S/C13H14N2O4S/c16-13(17)11-3-1-2-10-7-14-12(15(10)11)6-9-4-5-20(18,19)8-9/h1-3,7,9H,4-6,8H2,(H,16,17). The average molecular weight is 294 g/mol. The van der Waals surface area contributed by atoms with Crippen LogP contribution in [-0.2, 0) is 16.3 Å². The van der Waals surface area contributed by atoms with Crippen molar-refractivity contribution in [3.8, 4) is 0 Å². The number of hydrogen-bond donors (Lipinski definition) is 1. The first-order valence-electron chi connectivity index (χ1n) is 6.35. The molecule has 1 aliphatic heterocycles. The van der Waals surface area contributed by atoms with Gasteiger partial charge in [-0.3, -0.25) is 4.40 Å². The van der Waals surface area contributed by atoms with Crippen LogP contribution >= 0.6 is 0 Å². The Bertz CT molecular complexity index is 779. The van der Waals surface area contributed by atoms with E-state index in [-0.39, 0.29) is 23.1 Å². The zero-order chi connectivity index (χ0) is 14.3. The predicted octanol–water partition coefficient (Wildman–Crippen LogP) is 1.01. The number of carboxylic acids is 1. The summed E-state index contributed by atoms with van der Waals surface area (Å²) >= 11 is 0. The van der Waals surface area contributed by atoms with Crippen molar-refractivity contribution in [3.05, 3.63) is 35.9 Å². The zero-order valence-corrected chi connectivity index (χ0v) is 11.5. The molecule has 1 fully saturated rings. The minimum Gasteiger partial charge on any atom is -0.477 e. The van der Waals surface area contributed by atoms with Crippen molar-refractivity contribution < 1.29 is 18.3 Å². The van der Waals surface area contributed by atoms with Crippen LogP contribution in [0.25, 0.3) is 5.52 Å². The van der Waals surface area contributed by atoms with Crippen LogP contribution in [0.15, 0.2) is 24.4 Å². The second-order valence-corrected chi connectivity index (χ2v) is 7.35. The molecule has 3 rings (SSSR count). The highest BCUT2D eigenvalue weighted by Gasteiger charge is 2.29. The molecular weight excluding hydrogens is 280 g/mol. The molecule has 2 aromatic rings. The molecular formula is C13H14N2O4S. The Morgan fingerprint density at radius 2 is 2.25 bits per heavy atom. The molecule has 20 heavy (non-hydrogen) atoms. The maximum atomic E-state index is 11.5. The number of sulfone groups is 1. The van der Waals surface area contributed by atoms with Gasteiger partial charge in [-0.05, 0) is 24.5 Å². The molecule has 0 spiro atoms. The van der Waals surface area contributed by atoms with Gasteiger partial charge in [-0.1, -0.05) is 6.07 Å². The Morgan fingerprint density at radius 3 is 2.90 bits per heavy atom. The number of rotatable bonds is 3. The van der Waals surface area contributed by atoms with Gasteiger partial charge in [0.15, 0.2) is 9.84 Å². The molecule has 1 unspecified atom stereocenters. The van der Waals surface area contributed by atoms with Gasteiger partial charge in [-0.25, -0.2) is 18.2 Å². The van der Waals surface area contributed by atoms with Crippen LogP contribution < -0.4 is 0 Å². The van der Waals surface area contributed by atoms with Crippen molar-refractivity contribution in [3.63, 3.8) is 0 Å². The second kappa shape index (κ2) is 4.59. The maximum absolute atomic E-state index is 11.5. The summed E-state index contributed by atoms with van der Waals surface area (Å²) < 4.78 is 24.6. The highest BCUT2D eigenvalue weighted by molar-refractivity contribution is 7.91. The molecule has 0 amide bonds. The highest BCUT2D eigenvalue weighted by atomic mass is 32.2. The van der Waals surface area contributed by atoms with Gasteiger partial charge in [0.25, 0.3) is 0 Å². The quantitative estimate of drug-likeness (QED) is 0.912. The van der Waals surface area contributed by atoms with Gasteiger partial charge in [0.1, 0.15) is 11.5 Å². The van der Waals surface area contributed by atoms with Gasteiger partial charge < -0.3 is 5.11 Å². The van der Waals surface area contributed by atoms with E-state index in [2.05, 4.69) is 4.98 Å². The third-order valence-corrected chi connectivity index (χ3v) is 5.48. The van der Waals surface area contributed by atoms with E-state index in [1.165, 1.54) is 6.07 Å². The fourth-order valence-corrected chi connectivity index (χ4v) is 4.58. The molecule has 1 N–H and O–H groups in total. The normalized spacial score (nSPS) is 21.3. The Hall–Kier alpha value is -1.89. The topological polar surface area (TPSA) is 88.7 Å². The average Bonchev–Trinajstić information content (AvgIpc) is 2.93. The van der Waals surface area contributed by atoms with E-state index >= 15 is 0 Å². The van der Waals surface area contributed by atoms with E-state index in [0.717, 1.165) is 0 Å². The molecule has 3 heterocycles. The van der Waals surface area contributed by atoms with Gasteiger partial charge >= 0.3 is 5.97 Å². The zero-order valence-electron chi connectivity index (χ0n) is 10.7. The molecule has 1 aliphatic rings. The maximum Gasteiger partial charge on any atom is 0.352 e. The molecule has 0 aliphatic carbocycles. The van der Waals surface area contributed by atoms with Crippen LogP contribution in [0, 0.1) is 5.92 Å². The van der Waals surface area contributed by atoms with Gasteiger partial charge in [0.2, 0.25) is 0 Å². The molecule has 7 heteroatoms. The van der Waals surface area contributed by atoms with Crippen molar-refractivity contribution in [2.75, 3.05) is 11.5 Å². The summed E-state index contributed by atoms with van der Waals surface area (Å²) in [6.45, 7) is 0. The fraction of sp³-hybridized carbons (Fsp3) is 0.385. The summed E-state index contributed by atoms with van der Waals surface area (Å²) in [4.78, 5) is 15.5. The van der Waals surface area contributed by atoms with Gasteiger partial charge in [0, 0.05) is 6.42 Å². The van der Waals surface area contributed by atoms with Gasteiger partial charge in [-0.15, -0.1) is 0 Å². The highest BCUT2D eigenvalue weighted by Crippen LogP contribution is 2.23. The van der Waals surface area contributed by atoms with Gasteiger partial charge in [-0.2, -0.15) is 0 Å². The Labute approximate surface area is 116 Å². The summed E-state index contributed by atoms with van der Waals surface area (Å²) in [7, 11) is -2.93. The number of aromatic nitrogens is 2. The lowest BCUT2D eigenvalue weighted by molar-refractivity contribution is 0.0688. The van der Waals surface area contributed by atoms with Crippen molar-refractivity contribution in [1.82, 2.24) is 9.38 Å². The van der Waals surface area contributed by atoms with Crippen LogP contribution in [0.1, 0.15) is 22.7 Å². The van der Waals surface area contributed by atoms with E-state index in [9.17, 15) is 18.3 Å². The molecule has 0 radical (unpaired) electrons. The summed E-state index contributed by atoms with van der Waals surface area (Å²) in [6.07, 6.45) is 2.72. The minimum absolute atomic E-state index is 0.0208. The van der Waals surface area contributed by atoms with Crippen molar-refractivity contribution >= 4 is 21.3 Å². The van der Waals surface area contributed by atoms with E-state index < -0.39 is 15.8 Å². The number of fused-ring (bicyclic) bond motifs is 1. The largest absolute Gasteiger partial charge is 0.477 e. The predicted molar refractivity (Wildman–Crippen MR) is 72.6 cm³/mol. The molecule has 2 aromatic heterocycles. The van der Waals surface area contributed by atoms with E-state index in [1.54, 1.807) is 22.7 Å². The van der Waals surface area contributed by atoms with Crippen LogP contribution in [0.2, 0.25) is 0 Å². The van der Waals surface area contributed by atoms with Crippen molar-refractivity contribution in [1.29, 1.82) is 0 Å². The SMILES string of the molecule is O=C(O)c1cccc2cnc(CC3CCS(=O)(=O)C3)n12. The first-order valence-corrected chi connectivity index (χ1v) is 8.17. The van der Waals surface area contributed by atoms with Crippen LogP contribution in [0.4, 0.5) is 0 Å². The number of carboxylic acid groups (broad SMARTS) is 1. The summed E-state index contributed by atoms with van der Waals surface area (Å²) in [5, 5.41) is 9.23. The Balaban J connectivity index is 1.98. The lowest BCUT2D eigenvalue weighted by Gasteiger charge is -2.08. The first-order chi connectivity index (χ1) is 9.46. The van der Waals surface area contributed by atoms with Crippen molar-refractivity contribution in [2.24, 2.45) is 5.92 Å². The van der Waals surface area contributed by atoms with Crippen LogP contribution in [0.3, 0.4) is 0 Å². The monoisotopic (exact) mass is 294 g/mol. The molecule has 0 bridgehead atoms. The van der Waals surface area contributed by atoms with E-state index in [1.807, 2.05) is 0 Å². The summed E-state index contributed by atoms with van der Waals surface area (Å²) in [6, 6.07) is 4.98. The third-order valence-electron chi connectivity index (χ3n) is 3.64. The molecule has 0 saturated carbocycles. The fourth-order valence-electron chi connectivity index (χ4n) is 2.72. The molecule has 106 valence electrons. The summed E-state index contributed by atoms with van der Waals surface area (Å²) in [5.74, 6) is -0.00867. The number of imidazole rings is 1. The Kier molecular flexibility index (Phi) is 3.01. The molecule has 6 nitrogen and oxygen atoms in total. The first kappa shape index (κ1) is 13.1. The third kappa shape index (κ3) is 2.29. The lowest BCUT2D eigenvalue weighted by Crippen LogP contribution is -2.13. The number of pyridine rings is 1. The van der Waals surface area contributed by atoms with Crippen LogP contribution in [0.5, 0.6) is 0 Å². The number of aromatic carboxylic acids is 1. The molecule has 1 atom stereocenters.